The van der Waals surface area contributed by atoms with E-state index < -0.39 is 16.0 Å². The van der Waals surface area contributed by atoms with E-state index >= 15 is 0 Å². The van der Waals surface area contributed by atoms with Gasteiger partial charge in [0.1, 0.15) is 0 Å². The zero-order valence-corrected chi connectivity index (χ0v) is 17.6. The Morgan fingerprint density at radius 3 is 2.50 bits per heavy atom. The van der Waals surface area contributed by atoms with Crippen molar-refractivity contribution in [1.29, 1.82) is 0 Å². The number of furan rings is 1. The normalized spacial score (nSPS) is 17.0. The Bertz CT molecular complexity index is 1070. The second kappa shape index (κ2) is 8.23. The van der Waals surface area contributed by atoms with Gasteiger partial charge in [-0.1, -0.05) is 6.07 Å². The number of piperazine rings is 1. The molecule has 1 aromatic heterocycles. The summed E-state index contributed by atoms with van der Waals surface area (Å²) in [6, 6.07) is 8.39. The smallest absolute Gasteiger partial charge is 0.374 e. The highest BCUT2D eigenvalue weighted by atomic mass is 32.2. The fraction of sp³-hybridized carbons (Fsp3) is 0.429. The number of hydrogen-bond donors (Lipinski definition) is 0. The van der Waals surface area contributed by atoms with Crippen molar-refractivity contribution in [2.45, 2.75) is 31.3 Å². The molecule has 1 aromatic carbocycles. The Labute approximate surface area is 175 Å². The van der Waals surface area contributed by atoms with Crippen molar-refractivity contribution < 1.29 is 27.2 Å². The van der Waals surface area contributed by atoms with Crippen LogP contribution in [-0.4, -0.2) is 62.3 Å². The van der Waals surface area contributed by atoms with Crippen LogP contribution in [-0.2, 0) is 27.6 Å². The van der Waals surface area contributed by atoms with Gasteiger partial charge >= 0.3 is 5.97 Å². The Balaban J connectivity index is 1.41. The van der Waals surface area contributed by atoms with Gasteiger partial charge in [-0.05, 0) is 61.6 Å². The van der Waals surface area contributed by atoms with Gasteiger partial charge in [0.2, 0.25) is 10.9 Å². The molecule has 4 rings (SSSR count). The molecule has 9 heteroatoms. The number of benzene rings is 1. The molecule has 8 nitrogen and oxygen atoms in total. The summed E-state index contributed by atoms with van der Waals surface area (Å²) in [5.41, 5.74) is 3.19. The largest absolute Gasteiger partial charge is 0.460 e. The molecule has 1 saturated heterocycles. The maximum absolute atomic E-state index is 12.9. The van der Waals surface area contributed by atoms with Crippen LogP contribution in [0.4, 0.5) is 0 Å². The topological polar surface area (TPSA) is 97.1 Å². The molecule has 0 unspecified atom stereocenters. The predicted octanol–water partition coefficient (Wildman–Crippen LogP) is 2.09. The summed E-state index contributed by atoms with van der Waals surface area (Å²) >= 11 is 0. The molecule has 0 bridgehead atoms. The number of ether oxygens (including phenoxy) is 1. The third kappa shape index (κ3) is 3.87. The molecule has 160 valence electrons. The van der Waals surface area contributed by atoms with Gasteiger partial charge in [-0.2, -0.15) is 4.31 Å². The van der Waals surface area contributed by atoms with E-state index in [2.05, 4.69) is 0 Å². The summed E-state index contributed by atoms with van der Waals surface area (Å²) in [5.74, 6) is -0.936. The van der Waals surface area contributed by atoms with Crippen LogP contribution in [0.5, 0.6) is 0 Å². The lowest BCUT2D eigenvalue weighted by atomic mass is 10.1. The first-order valence-electron chi connectivity index (χ1n) is 10.1. The van der Waals surface area contributed by atoms with E-state index in [-0.39, 0.29) is 36.5 Å². The maximum Gasteiger partial charge on any atom is 0.374 e. The quantitative estimate of drug-likeness (QED) is 0.671. The molecule has 2 heterocycles. The fourth-order valence-electron chi connectivity index (χ4n) is 3.92. The Hall–Kier alpha value is -2.65. The lowest BCUT2D eigenvalue weighted by molar-refractivity contribution is 0.0483. The fourth-order valence-corrected chi connectivity index (χ4v) is 5.25. The second-order valence-corrected chi connectivity index (χ2v) is 9.24. The number of aryl methyl sites for hydroxylation is 2. The third-order valence-corrected chi connectivity index (χ3v) is 7.30. The van der Waals surface area contributed by atoms with Gasteiger partial charge in [0.05, 0.1) is 6.61 Å². The van der Waals surface area contributed by atoms with Crippen LogP contribution >= 0.6 is 0 Å². The van der Waals surface area contributed by atoms with E-state index in [1.54, 1.807) is 11.8 Å². The van der Waals surface area contributed by atoms with Crippen molar-refractivity contribution in [2.24, 2.45) is 0 Å². The third-order valence-electron chi connectivity index (χ3n) is 5.52. The van der Waals surface area contributed by atoms with Crippen LogP contribution in [0.2, 0.25) is 0 Å². The summed E-state index contributed by atoms with van der Waals surface area (Å²) in [5, 5.41) is -0.302. The monoisotopic (exact) mass is 432 g/mol. The molecule has 1 aliphatic carbocycles. The highest BCUT2D eigenvalue weighted by molar-refractivity contribution is 7.89. The zero-order chi connectivity index (χ0) is 21.3. The second-order valence-electron chi connectivity index (χ2n) is 7.37. The lowest BCUT2D eigenvalue weighted by Gasteiger charge is -2.33. The van der Waals surface area contributed by atoms with E-state index in [9.17, 15) is 18.0 Å². The maximum atomic E-state index is 12.9. The Kier molecular flexibility index (Phi) is 5.66. The molecule has 2 aromatic rings. The zero-order valence-electron chi connectivity index (χ0n) is 16.8. The highest BCUT2D eigenvalue weighted by Crippen LogP contribution is 2.25. The molecule has 0 saturated carbocycles. The lowest BCUT2D eigenvalue weighted by Crippen LogP contribution is -2.50. The van der Waals surface area contributed by atoms with Gasteiger partial charge in [-0.3, -0.25) is 4.79 Å². The number of hydrogen-bond acceptors (Lipinski definition) is 6. The van der Waals surface area contributed by atoms with Crippen molar-refractivity contribution >= 4 is 21.9 Å². The minimum atomic E-state index is -3.89. The SMILES string of the molecule is CCOC(=O)c1ccc(S(=O)(=O)N2CCN(C(=O)c3ccc4c(c3)CCC4)CC2)o1. The van der Waals surface area contributed by atoms with Crippen molar-refractivity contribution in [1.82, 2.24) is 9.21 Å². The van der Waals surface area contributed by atoms with Gasteiger partial charge in [-0.25, -0.2) is 13.2 Å². The number of amides is 1. The van der Waals surface area contributed by atoms with Crippen LogP contribution in [0.3, 0.4) is 0 Å². The number of sulfonamides is 1. The van der Waals surface area contributed by atoms with E-state index in [1.807, 2.05) is 18.2 Å². The van der Waals surface area contributed by atoms with Crippen molar-refractivity contribution in [3.8, 4) is 0 Å². The van der Waals surface area contributed by atoms with E-state index in [0.29, 0.717) is 18.7 Å². The summed E-state index contributed by atoms with van der Waals surface area (Å²) < 4.78 is 37.0. The molecule has 30 heavy (non-hydrogen) atoms. The summed E-state index contributed by atoms with van der Waals surface area (Å²) in [6.07, 6.45) is 3.18. The molecule has 1 fully saturated rings. The molecule has 1 aliphatic heterocycles. The molecule has 0 atom stereocenters. The van der Waals surface area contributed by atoms with Gasteiger partial charge in [0.15, 0.2) is 0 Å². The van der Waals surface area contributed by atoms with E-state index in [1.165, 1.54) is 27.6 Å². The van der Waals surface area contributed by atoms with Gasteiger partial charge < -0.3 is 14.1 Å². The summed E-state index contributed by atoms with van der Waals surface area (Å²) in [6.45, 7) is 2.73. The van der Waals surface area contributed by atoms with Gasteiger partial charge in [0, 0.05) is 31.7 Å². The van der Waals surface area contributed by atoms with E-state index in [4.69, 9.17) is 9.15 Å². The van der Waals surface area contributed by atoms with Crippen molar-refractivity contribution in [2.75, 3.05) is 32.8 Å². The molecule has 1 amide bonds. The summed E-state index contributed by atoms with van der Waals surface area (Å²) in [7, 11) is -3.89. The molecular weight excluding hydrogens is 408 g/mol. The molecule has 0 radical (unpaired) electrons. The Morgan fingerprint density at radius 1 is 1.03 bits per heavy atom. The molecule has 0 N–H and O–H groups in total. The number of esters is 1. The van der Waals surface area contributed by atoms with Gasteiger partial charge in [-0.15, -0.1) is 0 Å². The number of carbonyl (C=O) groups is 2. The van der Waals surface area contributed by atoms with E-state index in [0.717, 1.165) is 19.3 Å². The number of fused-ring (bicyclic) bond motifs is 1. The molecule has 2 aliphatic rings. The summed E-state index contributed by atoms with van der Waals surface area (Å²) in [4.78, 5) is 26.2. The molecular formula is C21H24N2O6S. The first-order valence-corrected chi connectivity index (χ1v) is 11.5. The average Bonchev–Trinajstić information content (AvgIpc) is 3.43. The van der Waals surface area contributed by atoms with Crippen LogP contribution in [0.1, 0.15) is 45.4 Å². The predicted molar refractivity (Wildman–Crippen MR) is 108 cm³/mol. The van der Waals surface area contributed by atoms with Crippen LogP contribution in [0.25, 0.3) is 0 Å². The van der Waals surface area contributed by atoms with Crippen LogP contribution in [0.15, 0.2) is 39.8 Å². The number of nitrogens with zero attached hydrogens (tertiary/aromatic N) is 2. The van der Waals surface area contributed by atoms with Crippen LogP contribution < -0.4 is 0 Å². The molecule has 0 spiro atoms. The van der Waals surface area contributed by atoms with Gasteiger partial charge in [0.25, 0.3) is 15.9 Å². The van der Waals surface area contributed by atoms with Crippen molar-refractivity contribution in [3.05, 3.63) is 52.8 Å². The number of rotatable bonds is 5. The average molecular weight is 432 g/mol. The number of carbonyl (C=O) groups excluding carboxylic acids is 2. The first-order chi connectivity index (χ1) is 14.4. The first kappa shape index (κ1) is 20.6. The van der Waals surface area contributed by atoms with Crippen molar-refractivity contribution in [3.63, 3.8) is 0 Å². The minimum absolute atomic E-state index is 0.0793. The Morgan fingerprint density at radius 2 is 1.77 bits per heavy atom. The minimum Gasteiger partial charge on any atom is -0.460 e. The standard InChI is InChI=1S/C21H24N2O6S/c1-2-28-21(25)18-8-9-19(29-18)30(26,27)23-12-10-22(11-13-23)20(24)17-7-6-15-4-3-5-16(15)14-17/h6-9,14H,2-5,10-13H2,1H3. The highest BCUT2D eigenvalue weighted by Gasteiger charge is 2.33. The van der Waals surface area contributed by atoms with Crippen LogP contribution in [0, 0.1) is 0 Å².